The van der Waals surface area contributed by atoms with Crippen LogP contribution in [0, 0.1) is 0 Å². The molecule has 2 N–H and O–H groups in total. The molecule has 7 heteroatoms. The van der Waals surface area contributed by atoms with Gasteiger partial charge in [0.15, 0.2) is 0 Å². The molecule has 1 rings (SSSR count). The van der Waals surface area contributed by atoms with Gasteiger partial charge in [-0.15, -0.1) is 0 Å². The Morgan fingerprint density at radius 1 is 1.35 bits per heavy atom. The summed E-state index contributed by atoms with van der Waals surface area (Å²) in [5.41, 5.74) is 1.15. The van der Waals surface area contributed by atoms with Crippen molar-refractivity contribution in [3.63, 3.8) is 0 Å². The van der Waals surface area contributed by atoms with Crippen LogP contribution < -0.4 is 10.0 Å². The summed E-state index contributed by atoms with van der Waals surface area (Å²) >= 11 is -2.34. The van der Waals surface area contributed by atoms with E-state index in [0.717, 1.165) is 0 Å². The number of carbonyl (C=O) groups excluding carboxylic acids is 1. The molecule has 0 fully saturated rings. The molecule has 0 aromatic heterocycles. The molecule has 6 nitrogen and oxygen atoms in total. The topological polar surface area (TPSA) is 90.5 Å². The highest BCUT2D eigenvalue weighted by atomic mass is 32.2. The quantitative estimate of drug-likeness (QED) is 0.603. The monoisotopic (exact) mass is 257 g/mol. The van der Waals surface area contributed by atoms with E-state index in [4.69, 9.17) is 0 Å². The molecule has 0 saturated carbocycles. The van der Waals surface area contributed by atoms with Crippen molar-refractivity contribution in [3.8, 4) is 0 Å². The molecule has 17 heavy (non-hydrogen) atoms. The van der Waals surface area contributed by atoms with E-state index >= 15 is 0 Å². The lowest BCUT2D eigenvalue weighted by Gasteiger charge is -2.14. The molecule has 0 saturated heterocycles. The fourth-order valence-corrected chi connectivity index (χ4v) is 1.54. The SMILES string of the molecule is COC(=O)C(C)Nc1ccc(NS(=O)[O-])cc1. The Morgan fingerprint density at radius 3 is 2.35 bits per heavy atom. The number of benzene rings is 1. The van der Waals surface area contributed by atoms with Gasteiger partial charge in [0.25, 0.3) is 0 Å². The highest BCUT2D eigenvalue weighted by Gasteiger charge is 2.11. The fraction of sp³-hybridized carbons (Fsp3) is 0.300. The summed E-state index contributed by atoms with van der Waals surface area (Å²) in [6, 6.07) is 6.03. The molecule has 0 amide bonds. The third-order valence-corrected chi connectivity index (χ3v) is 2.43. The van der Waals surface area contributed by atoms with Crippen LogP contribution in [0.4, 0.5) is 11.4 Å². The second kappa shape index (κ2) is 6.21. The molecule has 0 heterocycles. The van der Waals surface area contributed by atoms with Crippen molar-refractivity contribution < 1.29 is 18.3 Å². The smallest absolute Gasteiger partial charge is 0.327 e. The Balaban J connectivity index is 2.62. The van der Waals surface area contributed by atoms with Gasteiger partial charge in [0.2, 0.25) is 0 Å². The first-order valence-corrected chi connectivity index (χ1v) is 5.90. The van der Waals surface area contributed by atoms with E-state index in [1.54, 1.807) is 31.2 Å². The van der Waals surface area contributed by atoms with Gasteiger partial charge in [-0.05, 0) is 31.2 Å². The lowest BCUT2D eigenvalue weighted by molar-refractivity contribution is -0.141. The van der Waals surface area contributed by atoms with E-state index < -0.39 is 17.3 Å². The van der Waals surface area contributed by atoms with E-state index in [1.807, 2.05) is 0 Å². The molecule has 0 aliphatic carbocycles. The second-order valence-electron chi connectivity index (χ2n) is 3.30. The largest absolute Gasteiger partial charge is 0.755 e. The molecular formula is C10H13N2O4S-. The number of hydrogen-bond donors (Lipinski definition) is 2. The number of anilines is 2. The molecule has 2 unspecified atom stereocenters. The Bertz CT molecular complexity index is 407. The summed E-state index contributed by atoms with van der Waals surface area (Å²) in [7, 11) is 1.32. The Hall–Kier alpha value is -1.60. The van der Waals surface area contributed by atoms with Crippen molar-refractivity contribution >= 4 is 28.6 Å². The van der Waals surface area contributed by atoms with Gasteiger partial charge in [0.05, 0.1) is 7.11 Å². The zero-order valence-corrected chi connectivity index (χ0v) is 10.2. The van der Waals surface area contributed by atoms with Gasteiger partial charge in [-0.25, -0.2) is 4.79 Å². The Morgan fingerprint density at radius 2 is 1.88 bits per heavy atom. The van der Waals surface area contributed by atoms with Crippen molar-refractivity contribution in [1.29, 1.82) is 0 Å². The molecule has 0 aliphatic rings. The molecular weight excluding hydrogens is 244 g/mol. The molecule has 2 atom stereocenters. The second-order valence-corrected chi connectivity index (χ2v) is 3.98. The van der Waals surface area contributed by atoms with Crippen molar-refractivity contribution in [2.45, 2.75) is 13.0 Å². The van der Waals surface area contributed by atoms with Gasteiger partial charge in [0, 0.05) is 22.6 Å². The maximum atomic E-state index is 11.1. The van der Waals surface area contributed by atoms with Gasteiger partial charge in [-0.2, -0.15) is 0 Å². The number of methoxy groups -OCH3 is 1. The number of hydrogen-bond acceptors (Lipinski definition) is 5. The van der Waals surface area contributed by atoms with E-state index in [1.165, 1.54) is 7.11 Å². The maximum absolute atomic E-state index is 11.1. The number of carbonyl (C=O) groups is 1. The molecule has 0 bridgehead atoms. The van der Waals surface area contributed by atoms with Crippen LogP contribution in [0.1, 0.15) is 6.92 Å². The Labute approximate surface area is 102 Å². The zero-order chi connectivity index (χ0) is 12.8. The normalized spacial score (nSPS) is 13.6. The molecule has 0 aliphatic heterocycles. The number of ether oxygens (including phenoxy) is 1. The van der Waals surface area contributed by atoms with Crippen LogP contribution in [0.3, 0.4) is 0 Å². The van der Waals surface area contributed by atoms with Gasteiger partial charge >= 0.3 is 5.97 Å². The van der Waals surface area contributed by atoms with Gasteiger partial charge in [-0.1, -0.05) is 0 Å². The lowest BCUT2D eigenvalue weighted by Crippen LogP contribution is -2.27. The summed E-state index contributed by atoms with van der Waals surface area (Å²) < 4.78 is 27.5. The van der Waals surface area contributed by atoms with E-state index in [-0.39, 0.29) is 5.97 Å². The summed E-state index contributed by atoms with van der Waals surface area (Å²) in [5.74, 6) is -0.368. The van der Waals surface area contributed by atoms with Crippen molar-refractivity contribution in [2.24, 2.45) is 0 Å². The van der Waals surface area contributed by atoms with Crippen LogP contribution in [0.15, 0.2) is 24.3 Å². The minimum Gasteiger partial charge on any atom is -0.755 e. The number of esters is 1. The number of rotatable bonds is 5. The van der Waals surface area contributed by atoms with Crippen LogP contribution in [-0.2, 0) is 20.8 Å². The van der Waals surface area contributed by atoms with Gasteiger partial charge in [-0.3, -0.25) is 4.21 Å². The van der Waals surface area contributed by atoms with Crippen molar-refractivity contribution in [2.75, 3.05) is 17.1 Å². The van der Waals surface area contributed by atoms with Crippen LogP contribution >= 0.6 is 0 Å². The standard InChI is InChI=1S/C10H14N2O4S/c1-7(10(13)16-2)11-8-3-5-9(6-4-8)12-17(14)15/h3-7,11-12H,1-2H3,(H,14,15)/p-1. The Kier molecular flexibility index (Phi) is 4.92. The molecule has 1 aromatic rings. The summed E-state index contributed by atoms with van der Waals surface area (Å²) in [6.07, 6.45) is 0. The zero-order valence-electron chi connectivity index (χ0n) is 9.43. The number of nitrogens with one attached hydrogen (secondary N) is 2. The average Bonchev–Trinajstić information content (AvgIpc) is 2.30. The van der Waals surface area contributed by atoms with Gasteiger partial charge < -0.3 is 19.3 Å². The molecule has 94 valence electrons. The lowest BCUT2D eigenvalue weighted by atomic mass is 10.2. The van der Waals surface area contributed by atoms with E-state index in [0.29, 0.717) is 11.4 Å². The minimum absolute atomic E-state index is 0.368. The van der Waals surface area contributed by atoms with E-state index in [2.05, 4.69) is 14.8 Å². The van der Waals surface area contributed by atoms with Crippen LogP contribution in [0.2, 0.25) is 0 Å². The van der Waals surface area contributed by atoms with Crippen LogP contribution in [0.25, 0.3) is 0 Å². The minimum atomic E-state index is -2.34. The molecule has 1 aromatic carbocycles. The molecule has 0 radical (unpaired) electrons. The predicted octanol–water partition coefficient (Wildman–Crippen LogP) is 0.866. The van der Waals surface area contributed by atoms with Crippen molar-refractivity contribution in [3.05, 3.63) is 24.3 Å². The first-order chi connectivity index (χ1) is 8.02. The van der Waals surface area contributed by atoms with E-state index in [9.17, 15) is 13.6 Å². The third-order valence-electron chi connectivity index (χ3n) is 2.02. The highest BCUT2D eigenvalue weighted by Crippen LogP contribution is 2.14. The van der Waals surface area contributed by atoms with Gasteiger partial charge in [0.1, 0.15) is 6.04 Å². The van der Waals surface area contributed by atoms with Crippen LogP contribution in [0.5, 0.6) is 0 Å². The summed E-state index contributed by atoms with van der Waals surface area (Å²) in [6.45, 7) is 1.67. The van der Waals surface area contributed by atoms with Crippen LogP contribution in [-0.4, -0.2) is 27.9 Å². The maximum Gasteiger partial charge on any atom is 0.327 e. The predicted molar refractivity (Wildman–Crippen MR) is 64.1 cm³/mol. The fourth-order valence-electron chi connectivity index (χ4n) is 1.22. The summed E-state index contributed by atoms with van der Waals surface area (Å²) in [5, 5.41) is 2.92. The first-order valence-electron chi connectivity index (χ1n) is 4.83. The third kappa shape index (κ3) is 4.41. The van der Waals surface area contributed by atoms with Crippen molar-refractivity contribution in [1.82, 2.24) is 0 Å². The highest BCUT2D eigenvalue weighted by molar-refractivity contribution is 7.80. The first kappa shape index (κ1) is 13.5. The molecule has 0 spiro atoms. The summed E-state index contributed by atoms with van der Waals surface area (Å²) in [4.78, 5) is 11.1. The average molecular weight is 257 g/mol.